The highest BCUT2D eigenvalue weighted by Gasteiger charge is 2.30. The van der Waals surface area contributed by atoms with Crippen LogP contribution in [0.5, 0.6) is 17.2 Å². The predicted octanol–water partition coefficient (Wildman–Crippen LogP) is 1.96. The first-order valence-electron chi connectivity index (χ1n) is 6.20. The molecule has 8 heteroatoms. The fourth-order valence-corrected chi connectivity index (χ4v) is 3.43. The maximum absolute atomic E-state index is 10.9. The van der Waals surface area contributed by atoms with E-state index in [0.717, 1.165) is 4.47 Å². The Kier molecular flexibility index (Phi) is 5.60. The van der Waals surface area contributed by atoms with Crippen molar-refractivity contribution in [3.63, 3.8) is 0 Å². The van der Waals surface area contributed by atoms with Crippen LogP contribution in [-0.4, -0.2) is 49.1 Å². The summed E-state index contributed by atoms with van der Waals surface area (Å²) < 4.78 is 17.2. The second-order valence-corrected chi connectivity index (χ2v) is 6.48. The minimum Gasteiger partial charge on any atom is -0.493 e. The number of hydrogen-bond acceptors (Lipinski definition) is 6. The zero-order valence-corrected chi connectivity index (χ0v) is 14.0. The van der Waals surface area contributed by atoms with Crippen LogP contribution in [0.2, 0.25) is 0 Å². The molecule has 0 aromatic heterocycles. The van der Waals surface area contributed by atoms with Gasteiger partial charge in [-0.25, -0.2) is 0 Å². The number of carboxylic acid groups (broad SMARTS) is 1. The largest absolute Gasteiger partial charge is 0.493 e. The number of halogens is 1. The lowest BCUT2D eigenvalue weighted by Gasteiger charge is -2.17. The highest BCUT2D eigenvalue weighted by Crippen LogP contribution is 2.40. The van der Waals surface area contributed by atoms with E-state index < -0.39 is 12.0 Å². The molecule has 1 aromatic carbocycles. The number of aliphatic carboxylic acids is 1. The quantitative estimate of drug-likeness (QED) is 0.784. The molecule has 116 valence electrons. The minimum atomic E-state index is -0.844. The molecule has 2 rings (SSSR count). The van der Waals surface area contributed by atoms with E-state index in [1.54, 1.807) is 26.4 Å². The summed E-state index contributed by atoms with van der Waals surface area (Å²) in [5.41, 5.74) is 0. The molecule has 2 N–H and O–H groups in total. The van der Waals surface area contributed by atoms with Gasteiger partial charge < -0.3 is 19.3 Å². The smallest absolute Gasteiger partial charge is 0.321 e. The van der Waals surface area contributed by atoms with Crippen molar-refractivity contribution in [2.75, 3.05) is 26.6 Å². The third-order valence-corrected chi connectivity index (χ3v) is 4.61. The molecule has 2 unspecified atom stereocenters. The lowest BCUT2D eigenvalue weighted by Crippen LogP contribution is -2.38. The second-order valence-electron chi connectivity index (χ2n) is 4.33. The Morgan fingerprint density at radius 3 is 2.52 bits per heavy atom. The first kappa shape index (κ1) is 16.3. The number of ether oxygens (including phenoxy) is 3. The Hall–Kier alpha value is -1.12. The van der Waals surface area contributed by atoms with Gasteiger partial charge in [-0.15, -0.1) is 11.8 Å². The van der Waals surface area contributed by atoms with E-state index >= 15 is 0 Å². The van der Waals surface area contributed by atoms with Gasteiger partial charge in [0.25, 0.3) is 0 Å². The summed E-state index contributed by atoms with van der Waals surface area (Å²) in [6.45, 7) is 0.322. The zero-order chi connectivity index (χ0) is 15.4. The van der Waals surface area contributed by atoms with Crippen LogP contribution in [0.25, 0.3) is 0 Å². The standard InChI is InChI=1S/C13H16BrNO5S/c1-18-9-3-7(14)4-10(19-2)12(9)20-5-11-15-8(6-21-11)13(16)17/h3-4,8,11,15H,5-6H2,1-2H3,(H,16,17). The zero-order valence-electron chi connectivity index (χ0n) is 11.6. The first-order chi connectivity index (χ1) is 10.0. The highest BCUT2D eigenvalue weighted by molar-refractivity contribution is 9.10. The third-order valence-electron chi connectivity index (χ3n) is 2.95. The van der Waals surface area contributed by atoms with Crippen LogP contribution in [-0.2, 0) is 4.79 Å². The van der Waals surface area contributed by atoms with Crippen molar-refractivity contribution in [1.29, 1.82) is 0 Å². The first-order valence-corrected chi connectivity index (χ1v) is 8.04. The molecule has 0 spiro atoms. The van der Waals surface area contributed by atoms with E-state index in [1.807, 2.05) is 0 Å². The van der Waals surface area contributed by atoms with Gasteiger partial charge in [0, 0.05) is 10.2 Å². The molecule has 0 saturated carbocycles. The molecule has 1 aromatic rings. The summed E-state index contributed by atoms with van der Waals surface area (Å²) in [4.78, 5) is 10.9. The van der Waals surface area contributed by atoms with Gasteiger partial charge in [0.1, 0.15) is 12.6 Å². The van der Waals surface area contributed by atoms with Gasteiger partial charge in [0.05, 0.1) is 19.6 Å². The molecule has 1 heterocycles. The lowest BCUT2D eigenvalue weighted by atomic mass is 10.3. The average molecular weight is 378 g/mol. The molecule has 6 nitrogen and oxygen atoms in total. The Balaban J connectivity index is 2.05. The molecule has 0 radical (unpaired) electrons. The summed E-state index contributed by atoms with van der Waals surface area (Å²) in [5, 5.41) is 11.9. The molecule has 1 fully saturated rings. The molecule has 0 amide bonds. The topological polar surface area (TPSA) is 77.0 Å². The van der Waals surface area contributed by atoms with Crippen LogP contribution >= 0.6 is 27.7 Å². The molecule has 0 bridgehead atoms. The lowest BCUT2D eigenvalue weighted by molar-refractivity contribution is -0.138. The minimum absolute atomic E-state index is 0.0795. The maximum Gasteiger partial charge on any atom is 0.321 e. The van der Waals surface area contributed by atoms with Crippen molar-refractivity contribution in [1.82, 2.24) is 5.32 Å². The fourth-order valence-electron chi connectivity index (χ4n) is 1.92. The van der Waals surface area contributed by atoms with E-state index in [-0.39, 0.29) is 5.37 Å². The van der Waals surface area contributed by atoms with Crippen molar-refractivity contribution in [2.24, 2.45) is 0 Å². The number of rotatable bonds is 6. The average Bonchev–Trinajstić information content (AvgIpc) is 2.94. The van der Waals surface area contributed by atoms with Gasteiger partial charge in [0.2, 0.25) is 5.75 Å². The summed E-state index contributed by atoms with van der Waals surface area (Å²) >= 11 is 4.89. The van der Waals surface area contributed by atoms with Gasteiger partial charge in [-0.3, -0.25) is 10.1 Å². The number of methoxy groups -OCH3 is 2. The second kappa shape index (κ2) is 7.24. The normalized spacial score (nSPS) is 21.1. The van der Waals surface area contributed by atoms with Crippen molar-refractivity contribution in [3.8, 4) is 17.2 Å². The summed E-state index contributed by atoms with van der Waals surface area (Å²) in [5.74, 6) is 1.30. The van der Waals surface area contributed by atoms with Crippen molar-refractivity contribution >= 4 is 33.7 Å². The van der Waals surface area contributed by atoms with Crippen molar-refractivity contribution in [2.45, 2.75) is 11.4 Å². The number of hydrogen-bond donors (Lipinski definition) is 2. The molecule has 1 aliphatic rings. The van der Waals surface area contributed by atoms with Gasteiger partial charge in [-0.05, 0) is 12.1 Å². The predicted molar refractivity (Wildman–Crippen MR) is 83.5 cm³/mol. The van der Waals surface area contributed by atoms with Crippen LogP contribution in [0.4, 0.5) is 0 Å². The van der Waals surface area contributed by atoms with Gasteiger partial charge in [-0.2, -0.15) is 0 Å². The van der Waals surface area contributed by atoms with E-state index in [4.69, 9.17) is 19.3 Å². The van der Waals surface area contributed by atoms with Gasteiger partial charge >= 0.3 is 5.97 Å². The summed E-state index contributed by atoms with van der Waals surface area (Å²) in [6.07, 6.45) is 0. The summed E-state index contributed by atoms with van der Waals surface area (Å²) in [7, 11) is 3.11. The summed E-state index contributed by atoms with van der Waals surface area (Å²) in [6, 6.07) is 3.04. The van der Waals surface area contributed by atoms with Gasteiger partial charge in [0.15, 0.2) is 11.5 Å². The molecular formula is C13H16BrNO5S. The molecular weight excluding hydrogens is 362 g/mol. The van der Waals surface area contributed by atoms with Crippen LogP contribution < -0.4 is 19.5 Å². The number of carbonyl (C=O) groups is 1. The number of benzene rings is 1. The van der Waals surface area contributed by atoms with Crippen molar-refractivity contribution < 1.29 is 24.1 Å². The number of carboxylic acids is 1. The molecule has 1 saturated heterocycles. The highest BCUT2D eigenvalue weighted by atomic mass is 79.9. The molecule has 2 atom stereocenters. The monoisotopic (exact) mass is 377 g/mol. The third kappa shape index (κ3) is 3.96. The van der Waals surface area contributed by atoms with Crippen LogP contribution in [0.1, 0.15) is 0 Å². The number of thioether (sulfide) groups is 1. The number of nitrogens with one attached hydrogen (secondary N) is 1. The van der Waals surface area contributed by atoms with E-state index in [9.17, 15) is 4.79 Å². The van der Waals surface area contributed by atoms with Crippen LogP contribution in [0.15, 0.2) is 16.6 Å². The fraction of sp³-hybridized carbons (Fsp3) is 0.462. The Bertz CT molecular complexity index is 502. The van der Waals surface area contributed by atoms with Crippen LogP contribution in [0, 0.1) is 0 Å². The Labute approximate surface area is 135 Å². The molecule has 1 aliphatic heterocycles. The molecule has 21 heavy (non-hydrogen) atoms. The van der Waals surface area contributed by atoms with E-state index in [1.165, 1.54) is 11.8 Å². The van der Waals surface area contributed by atoms with Crippen molar-refractivity contribution in [3.05, 3.63) is 16.6 Å². The Morgan fingerprint density at radius 1 is 1.43 bits per heavy atom. The van der Waals surface area contributed by atoms with E-state index in [0.29, 0.717) is 29.6 Å². The van der Waals surface area contributed by atoms with E-state index in [2.05, 4.69) is 21.2 Å². The maximum atomic E-state index is 10.9. The van der Waals surface area contributed by atoms with Crippen LogP contribution in [0.3, 0.4) is 0 Å². The SMILES string of the molecule is COc1cc(Br)cc(OC)c1OCC1NC(C(=O)O)CS1. The van der Waals surface area contributed by atoms with Gasteiger partial charge in [-0.1, -0.05) is 15.9 Å². The Morgan fingerprint density at radius 2 is 2.05 bits per heavy atom. The molecule has 0 aliphatic carbocycles.